The van der Waals surface area contributed by atoms with Crippen LogP contribution < -0.4 is 10.2 Å². The first-order valence-corrected chi connectivity index (χ1v) is 11.2. The maximum atomic E-state index is 4.89. The highest BCUT2D eigenvalue weighted by molar-refractivity contribution is 7.18. The van der Waals surface area contributed by atoms with Crippen LogP contribution in [0, 0.1) is 6.92 Å². The van der Waals surface area contributed by atoms with Crippen LogP contribution in [0.2, 0.25) is 0 Å². The van der Waals surface area contributed by atoms with Gasteiger partial charge in [-0.15, -0.1) is 11.3 Å². The van der Waals surface area contributed by atoms with Crippen molar-refractivity contribution in [2.45, 2.75) is 52.0 Å². The van der Waals surface area contributed by atoms with E-state index < -0.39 is 0 Å². The molecule has 0 amide bonds. The highest BCUT2D eigenvalue weighted by Gasteiger charge is 2.23. The topological polar surface area (TPSA) is 53.9 Å². The Kier molecular flexibility index (Phi) is 6.17. The van der Waals surface area contributed by atoms with Crippen LogP contribution in [0.15, 0.2) is 29.9 Å². The van der Waals surface area contributed by atoms with Crippen LogP contribution in [0.4, 0.5) is 5.82 Å². The van der Waals surface area contributed by atoms with Gasteiger partial charge in [0.1, 0.15) is 11.6 Å². The summed E-state index contributed by atoms with van der Waals surface area (Å²) in [5.74, 6) is 2.11. The molecule has 0 spiro atoms. The van der Waals surface area contributed by atoms with E-state index in [4.69, 9.17) is 9.97 Å². The van der Waals surface area contributed by atoms with E-state index in [1.807, 2.05) is 12.4 Å². The van der Waals surface area contributed by atoms with Gasteiger partial charge in [0.25, 0.3) is 0 Å². The normalized spacial score (nSPS) is 15.4. The van der Waals surface area contributed by atoms with Crippen molar-refractivity contribution >= 4 is 27.4 Å². The molecular formula is C22H29N5S. The first kappa shape index (κ1) is 19.3. The summed E-state index contributed by atoms with van der Waals surface area (Å²) < 4.78 is 1.25. The zero-order chi connectivity index (χ0) is 19.3. The van der Waals surface area contributed by atoms with Crippen molar-refractivity contribution in [1.29, 1.82) is 0 Å². The lowest BCUT2D eigenvalue weighted by atomic mass is 10.0. The van der Waals surface area contributed by atoms with Gasteiger partial charge >= 0.3 is 0 Å². The number of rotatable bonds is 7. The monoisotopic (exact) mass is 395 g/mol. The summed E-state index contributed by atoms with van der Waals surface area (Å²) >= 11 is 1.78. The van der Waals surface area contributed by atoms with Gasteiger partial charge in [-0.3, -0.25) is 4.98 Å². The predicted molar refractivity (Wildman–Crippen MR) is 117 cm³/mol. The molecule has 0 bridgehead atoms. The fraction of sp³-hybridized carbons (Fsp3) is 0.500. The second-order valence-electron chi connectivity index (χ2n) is 7.59. The summed E-state index contributed by atoms with van der Waals surface area (Å²) in [5, 5.41) is 5.96. The first-order valence-electron chi connectivity index (χ1n) is 10.4. The fourth-order valence-corrected chi connectivity index (χ4v) is 4.88. The molecule has 1 N–H and O–H groups in total. The third-order valence-electron chi connectivity index (χ3n) is 5.56. The van der Waals surface area contributed by atoms with Crippen molar-refractivity contribution < 1.29 is 0 Å². The lowest BCUT2D eigenvalue weighted by molar-refractivity contribution is 0.412. The Morgan fingerprint density at radius 2 is 1.96 bits per heavy atom. The van der Waals surface area contributed by atoms with Gasteiger partial charge in [0.2, 0.25) is 0 Å². The molecule has 3 aromatic rings. The van der Waals surface area contributed by atoms with E-state index in [-0.39, 0.29) is 0 Å². The summed E-state index contributed by atoms with van der Waals surface area (Å²) in [4.78, 5) is 16.2. The molecule has 0 aliphatic carbocycles. The van der Waals surface area contributed by atoms with Crippen molar-refractivity contribution in [1.82, 2.24) is 20.3 Å². The molecule has 148 valence electrons. The second-order valence-corrected chi connectivity index (χ2v) is 8.47. The lowest BCUT2D eigenvalue weighted by Gasteiger charge is -2.33. The summed E-state index contributed by atoms with van der Waals surface area (Å²) in [5.41, 5.74) is 3.78. The van der Waals surface area contributed by atoms with E-state index >= 15 is 0 Å². The van der Waals surface area contributed by atoms with Gasteiger partial charge in [-0.05, 0) is 67.8 Å². The molecule has 1 saturated heterocycles. The number of pyridine rings is 1. The highest BCUT2D eigenvalue weighted by atomic mass is 32.1. The number of hydrogen-bond acceptors (Lipinski definition) is 6. The number of aryl methyl sites for hydroxylation is 3. The molecule has 6 heteroatoms. The number of aromatic nitrogens is 3. The van der Waals surface area contributed by atoms with Gasteiger partial charge in [-0.25, -0.2) is 9.97 Å². The maximum absolute atomic E-state index is 4.89. The van der Waals surface area contributed by atoms with Crippen molar-refractivity contribution in [3.8, 4) is 0 Å². The number of thiophene rings is 1. The number of piperidine rings is 1. The molecule has 0 radical (unpaired) electrons. The van der Waals surface area contributed by atoms with Crippen LogP contribution in [0.1, 0.15) is 43.1 Å². The first-order chi connectivity index (χ1) is 13.7. The van der Waals surface area contributed by atoms with Gasteiger partial charge < -0.3 is 10.2 Å². The minimum Gasteiger partial charge on any atom is -0.355 e. The molecule has 1 fully saturated rings. The van der Waals surface area contributed by atoms with E-state index in [9.17, 15) is 0 Å². The van der Waals surface area contributed by atoms with Crippen LogP contribution in [0.3, 0.4) is 0 Å². The predicted octanol–water partition coefficient (Wildman–Crippen LogP) is 4.15. The van der Waals surface area contributed by atoms with Gasteiger partial charge in [0, 0.05) is 37.9 Å². The maximum Gasteiger partial charge on any atom is 0.150 e. The summed E-state index contributed by atoms with van der Waals surface area (Å²) in [7, 11) is 0. The summed E-state index contributed by atoms with van der Waals surface area (Å²) in [6.45, 7) is 7.49. The largest absolute Gasteiger partial charge is 0.355 e. The minimum atomic E-state index is 0.613. The van der Waals surface area contributed by atoms with Crippen molar-refractivity contribution in [3.05, 3.63) is 46.9 Å². The molecule has 1 aliphatic rings. The third-order valence-corrected chi connectivity index (χ3v) is 6.64. The Bertz CT molecular complexity index is 900. The average molecular weight is 396 g/mol. The molecule has 4 rings (SSSR count). The SMILES string of the molecule is CCc1nc(N2CCC(NCCCc3ccncc3)CC2)c2scc(C)c2n1. The standard InChI is InChI=1S/C22H29N5S/c1-3-19-25-20-16(2)15-28-21(20)22(26-19)27-13-8-18(9-14-27)24-10-4-5-17-6-11-23-12-7-17/h6-7,11-12,15,18,24H,3-5,8-10,13-14H2,1-2H3. The molecular weight excluding hydrogens is 366 g/mol. The Hall–Kier alpha value is -2.05. The number of nitrogens with zero attached hydrogens (tertiary/aromatic N) is 4. The second kappa shape index (κ2) is 8.97. The molecule has 0 saturated carbocycles. The summed E-state index contributed by atoms with van der Waals surface area (Å²) in [6, 6.07) is 4.83. The zero-order valence-electron chi connectivity index (χ0n) is 16.8. The molecule has 0 atom stereocenters. The molecule has 28 heavy (non-hydrogen) atoms. The number of hydrogen-bond donors (Lipinski definition) is 1. The Labute approximate surface area is 171 Å². The van der Waals surface area contributed by atoms with Crippen molar-refractivity contribution in [2.24, 2.45) is 0 Å². The lowest BCUT2D eigenvalue weighted by Crippen LogP contribution is -2.43. The molecule has 0 unspecified atom stereocenters. The molecule has 1 aliphatic heterocycles. The summed E-state index contributed by atoms with van der Waals surface area (Å²) in [6.07, 6.45) is 9.27. The van der Waals surface area contributed by atoms with Crippen LogP contribution >= 0.6 is 11.3 Å². The smallest absolute Gasteiger partial charge is 0.150 e. The van der Waals surface area contributed by atoms with Crippen LogP contribution in [0.5, 0.6) is 0 Å². The van der Waals surface area contributed by atoms with Gasteiger partial charge in [0.05, 0.1) is 10.2 Å². The third kappa shape index (κ3) is 4.33. The minimum absolute atomic E-state index is 0.613. The van der Waals surface area contributed by atoms with Gasteiger partial charge in [-0.2, -0.15) is 0 Å². The average Bonchev–Trinajstić information content (AvgIpc) is 3.12. The van der Waals surface area contributed by atoms with Gasteiger partial charge in [0.15, 0.2) is 0 Å². The number of fused-ring (bicyclic) bond motifs is 1. The number of anilines is 1. The van der Waals surface area contributed by atoms with E-state index in [1.165, 1.54) is 35.1 Å². The zero-order valence-corrected chi connectivity index (χ0v) is 17.6. The van der Waals surface area contributed by atoms with Gasteiger partial charge in [-0.1, -0.05) is 6.92 Å². The highest BCUT2D eigenvalue weighted by Crippen LogP contribution is 2.33. The molecule has 4 heterocycles. The fourth-order valence-electron chi connectivity index (χ4n) is 3.88. The van der Waals surface area contributed by atoms with E-state index in [0.29, 0.717) is 6.04 Å². The van der Waals surface area contributed by atoms with E-state index in [1.54, 1.807) is 11.3 Å². The quantitative estimate of drug-likeness (QED) is 0.609. The van der Waals surface area contributed by atoms with Crippen molar-refractivity contribution in [3.63, 3.8) is 0 Å². The number of nitrogens with one attached hydrogen (secondary N) is 1. The van der Waals surface area contributed by atoms with Crippen LogP contribution in [-0.4, -0.2) is 40.6 Å². The van der Waals surface area contributed by atoms with Crippen molar-refractivity contribution in [2.75, 3.05) is 24.5 Å². The Balaban J connectivity index is 1.31. The van der Waals surface area contributed by atoms with Crippen LogP contribution in [-0.2, 0) is 12.8 Å². The Morgan fingerprint density at radius 3 is 2.71 bits per heavy atom. The molecule has 3 aromatic heterocycles. The Morgan fingerprint density at radius 1 is 1.18 bits per heavy atom. The van der Waals surface area contributed by atoms with E-state index in [0.717, 1.165) is 49.6 Å². The van der Waals surface area contributed by atoms with Crippen LogP contribution in [0.25, 0.3) is 10.2 Å². The molecule has 5 nitrogen and oxygen atoms in total. The van der Waals surface area contributed by atoms with E-state index in [2.05, 4.69) is 46.6 Å². The molecule has 0 aromatic carbocycles.